The average Bonchev–Trinajstić information content (AvgIpc) is 3.17. The first-order valence-electron chi connectivity index (χ1n) is 8.97. The van der Waals surface area contributed by atoms with E-state index in [1.54, 1.807) is 0 Å². The molecule has 2 aliphatic carbocycles. The summed E-state index contributed by atoms with van der Waals surface area (Å²) in [4.78, 5) is 0. The van der Waals surface area contributed by atoms with Crippen molar-refractivity contribution in [3.8, 4) is 0 Å². The van der Waals surface area contributed by atoms with Crippen molar-refractivity contribution in [2.24, 2.45) is 10.2 Å². The van der Waals surface area contributed by atoms with Crippen molar-refractivity contribution in [3.63, 3.8) is 0 Å². The molecule has 0 aromatic carbocycles. The molecule has 7 heteroatoms. The second kappa shape index (κ2) is 4.12. The van der Waals surface area contributed by atoms with Gasteiger partial charge in [0, 0.05) is 0 Å². The zero-order valence-corrected chi connectivity index (χ0v) is 15.8. The molecule has 2 saturated carbocycles. The fourth-order valence-electron chi connectivity index (χ4n) is 5.07. The Balaban J connectivity index is 2.03. The Hall–Kier alpha value is -1.50. The zero-order valence-electron chi connectivity index (χ0n) is 14.8. The van der Waals surface area contributed by atoms with Crippen LogP contribution >= 0.6 is 0 Å². The predicted octanol–water partition coefficient (Wildman–Crippen LogP) is 3.37. The van der Waals surface area contributed by atoms with Crippen LogP contribution in [0.2, 0.25) is 13.1 Å². The molecule has 0 amide bonds. The minimum atomic E-state index is -4.31. The van der Waals surface area contributed by atoms with Crippen LogP contribution < -0.4 is 0 Å². The van der Waals surface area contributed by atoms with Crippen LogP contribution in [0.1, 0.15) is 65.2 Å². The molecule has 0 N–H and O–H groups in total. The van der Waals surface area contributed by atoms with Gasteiger partial charge >= 0.3 is 137 Å². The van der Waals surface area contributed by atoms with Gasteiger partial charge in [-0.05, 0) is 0 Å². The second-order valence-electron chi connectivity index (χ2n) is 8.37. The fraction of sp³-hybridized carbons (Fsp3) is 0.750. The molecule has 0 saturated heterocycles. The molecule has 4 rings (SSSR count). The van der Waals surface area contributed by atoms with Crippen molar-refractivity contribution < 1.29 is 17.6 Å². The van der Waals surface area contributed by atoms with E-state index in [-0.39, 0.29) is 0 Å². The van der Waals surface area contributed by atoms with Gasteiger partial charge in [-0.3, -0.25) is 0 Å². The van der Waals surface area contributed by atoms with Crippen LogP contribution in [-0.2, 0) is 8.85 Å². The Kier molecular flexibility index (Phi) is 2.69. The molecule has 0 atom stereocenters. The third-order valence-electron chi connectivity index (χ3n) is 5.79. The molecule has 2 heterocycles. The average molecular weight is 337 g/mol. The van der Waals surface area contributed by atoms with E-state index in [9.17, 15) is 0 Å². The van der Waals surface area contributed by atoms with E-state index >= 15 is 0 Å². The molecule has 0 bridgehead atoms. The van der Waals surface area contributed by atoms with E-state index in [1.165, 1.54) is 37.1 Å². The van der Waals surface area contributed by atoms with Crippen molar-refractivity contribution in [1.29, 1.82) is 0 Å². The molecule has 6 nitrogen and oxygen atoms in total. The summed E-state index contributed by atoms with van der Waals surface area (Å²) in [6, 6.07) is 0. The third-order valence-corrected chi connectivity index (χ3v) is 11.3. The summed E-state index contributed by atoms with van der Waals surface area (Å²) in [7, 11) is -4.31. The van der Waals surface area contributed by atoms with Crippen molar-refractivity contribution >= 4 is 30.7 Å². The Bertz CT molecular complexity index is 667. The Labute approximate surface area is 137 Å². The summed E-state index contributed by atoms with van der Waals surface area (Å²) in [6.45, 7) is 8.15. The van der Waals surface area contributed by atoms with Gasteiger partial charge in [0.2, 0.25) is 0 Å². The number of rotatable bonds is 0. The second-order valence-corrected chi connectivity index (χ2v) is 15.1. The van der Waals surface area contributed by atoms with Crippen LogP contribution in [-0.4, -0.2) is 39.4 Å². The standard InChI is InChI=1S/C16H28N4O2Si/c1-13-17-19(15-9-5-6-10-15)23(3,4,21-13)20(18-14(2)22-23)16-11-7-8-12-16/h5-12H2,1-4H3. The van der Waals surface area contributed by atoms with Crippen molar-refractivity contribution in [3.05, 3.63) is 0 Å². The van der Waals surface area contributed by atoms with Gasteiger partial charge in [0.25, 0.3) is 0 Å². The van der Waals surface area contributed by atoms with E-state index < -0.39 is 7.44 Å². The predicted molar refractivity (Wildman–Crippen MR) is 93.3 cm³/mol. The van der Waals surface area contributed by atoms with Gasteiger partial charge in [-0.2, -0.15) is 0 Å². The Morgan fingerprint density at radius 1 is 0.739 bits per heavy atom. The van der Waals surface area contributed by atoms with Gasteiger partial charge < -0.3 is 0 Å². The van der Waals surface area contributed by atoms with Crippen LogP contribution in [0.3, 0.4) is 0 Å². The monoisotopic (exact) mass is 336 g/mol. The molecule has 1 spiro atoms. The van der Waals surface area contributed by atoms with Gasteiger partial charge in [-0.15, -0.1) is 0 Å². The van der Waals surface area contributed by atoms with Gasteiger partial charge in [-0.1, -0.05) is 0 Å². The van der Waals surface area contributed by atoms with E-state index in [2.05, 4.69) is 21.8 Å². The van der Waals surface area contributed by atoms with E-state index in [0.29, 0.717) is 11.8 Å². The van der Waals surface area contributed by atoms with Crippen molar-refractivity contribution in [2.75, 3.05) is 0 Å². The quantitative estimate of drug-likeness (QED) is 0.637. The molecule has 4 aliphatic rings. The summed E-state index contributed by atoms with van der Waals surface area (Å²) >= 11 is 0. The van der Waals surface area contributed by atoms with E-state index in [4.69, 9.17) is 19.1 Å². The number of hydrazone groups is 2. The van der Waals surface area contributed by atoms with Crippen LogP contribution in [0.25, 0.3) is 0 Å². The Morgan fingerprint density at radius 3 is 1.43 bits per heavy atom. The number of nitrogens with zero attached hydrogens (tertiary/aromatic N) is 4. The molecular formula is C16H28N4O2Si. The molecule has 2 aliphatic heterocycles. The van der Waals surface area contributed by atoms with Gasteiger partial charge in [0.05, 0.1) is 0 Å². The first-order chi connectivity index (χ1) is 10.8. The summed E-state index contributed by atoms with van der Waals surface area (Å²) in [5.74, 6) is 1.37. The number of hydrogen-bond acceptors (Lipinski definition) is 4. The summed E-state index contributed by atoms with van der Waals surface area (Å²) in [5, 5.41) is 9.62. The zero-order chi connectivity index (χ0) is 16.4. The van der Waals surface area contributed by atoms with Crippen LogP contribution in [0.5, 0.6) is 0 Å². The van der Waals surface area contributed by atoms with Gasteiger partial charge in [0.1, 0.15) is 0 Å². The molecule has 0 radical (unpaired) electrons. The Morgan fingerprint density at radius 2 is 1.09 bits per heavy atom. The van der Waals surface area contributed by atoms with Crippen molar-refractivity contribution in [2.45, 2.75) is 78.3 Å². The summed E-state index contributed by atoms with van der Waals surface area (Å²) in [5.41, 5.74) is 2.68. The van der Waals surface area contributed by atoms with Gasteiger partial charge in [0.15, 0.2) is 0 Å². The maximum absolute atomic E-state index is 6.58. The summed E-state index contributed by atoms with van der Waals surface area (Å²) in [6.07, 6.45) is 9.16. The maximum atomic E-state index is 6.58. The molecule has 0 aromatic rings. The third kappa shape index (κ3) is 1.80. The topological polar surface area (TPSA) is 49.2 Å². The fourth-order valence-corrected chi connectivity index (χ4v) is 11.1. The number of hydrogen-bond donors (Lipinski definition) is 0. The first-order valence-corrected chi connectivity index (χ1v) is 12.7. The SMILES string of the molecule is CC1=N[N+](=C2CCCC2)[Si-2]2(C)(C)(O1)OC(C)=N[N+]2=C1CCCC1. The first kappa shape index (κ1) is 15.0. The van der Waals surface area contributed by atoms with Crippen LogP contribution in [0, 0.1) is 0 Å². The minimum absolute atomic E-state index is 0.687. The van der Waals surface area contributed by atoms with Crippen LogP contribution in [0.4, 0.5) is 0 Å². The molecule has 128 valence electrons. The molecule has 2 fully saturated rings. The van der Waals surface area contributed by atoms with Crippen LogP contribution in [0.15, 0.2) is 10.2 Å². The van der Waals surface area contributed by atoms with Gasteiger partial charge in [-0.25, -0.2) is 0 Å². The molecular weight excluding hydrogens is 308 g/mol. The van der Waals surface area contributed by atoms with Crippen molar-refractivity contribution in [1.82, 2.24) is 0 Å². The van der Waals surface area contributed by atoms with E-state index in [1.807, 2.05) is 13.8 Å². The summed E-state index contributed by atoms with van der Waals surface area (Å²) < 4.78 is 17.5. The molecule has 0 aromatic heterocycles. The van der Waals surface area contributed by atoms with E-state index in [0.717, 1.165) is 25.7 Å². The normalized spacial score (nSPS) is 33.6. The molecule has 0 unspecified atom stereocenters. The molecule has 23 heavy (non-hydrogen) atoms.